The van der Waals surface area contributed by atoms with Gasteiger partial charge in [0.25, 0.3) is 0 Å². The largest absolute Gasteiger partial charge is 0.381 e. The molecule has 1 aliphatic heterocycles. The van der Waals surface area contributed by atoms with Gasteiger partial charge in [-0.05, 0) is 24.3 Å². The predicted molar refractivity (Wildman–Crippen MR) is 75.1 cm³/mol. The van der Waals surface area contributed by atoms with Gasteiger partial charge in [-0.1, -0.05) is 49.6 Å². The molecule has 1 heterocycles. The van der Waals surface area contributed by atoms with Gasteiger partial charge >= 0.3 is 0 Å². The Balaban J connectivity index is 1.85. The molecule has 0 atom stereocenters. The number of benzene rings is 1. The van der Waals surface area contributed by atoms with E-state index in [0.29, 0.717) is 24.9 Å². The molecule has 0 spiro atoms. The second kappa shape index (κ2) is 5.46. The number of ether oxygens (including phenoxy) is 1. The highest BCUT2D eigenvalue weighted by Gasteiger charge is 2.42. The van der Waals surface area contributed by atoms with Crippen LogP contribution in [0.1, 0.15) is 44.1 Å². The average molecular weight is 258 g/mol. The molecule has 3 rings (SSSR count). The molecule has 2 aliphatic rings. The van der Waals surface area contributed by atoms with Gasteiger partial charge in [-0.25, -0.2) is 0 Å². The van der Waals surface area contributed by atoms with Crippen molar-refractivity contribution < 1.29 is 9.53 Å². The zero-order valence-corrected chi connectivity index (χ0v) is 11.4. The number of Topliss-reactive ketones (excluding diaryl/α,β-unsaturated/α-hetero) is 1. The summed E-state index contributed by atoms with van der Waals surface area (Å²) in [7, 11) is 0. The number of rotatable bonds is 4. The molecule has 0 aromatic heterocycles. The SMILES string of the molecule is O=C(CC1CCC1)C1(c2ccccc2)CCOCC1. The second-order valence-corrected chi connectivity index (χ2v) is 5.98. The Labute approximate surface area is 115 Å². The minimum atomic E-state index is -0.269. The molecule has 0 bridgehead atoms. The van der Waals surface area contributed by atoms with E-state index in [1.54, 1.807) is 0 Å². The standard InChI is InChI=1S/C17H22O2/c18-16(13-14-5-4-6-14)17(9-11-19-12-10-17)15-7-2-1-3-8-15/h1-3,7-8,14H,4-6,9-13H2. The van der Waals surface area contributed by atoms with Crippen LogP contribution in [-0.4, -0.2) is 19.0 Å². The fourth-order valence-corrected chi connectivity index (χ4v) is 3.36. The van der Waals surface area contributed by atoms with Crippen LogP contribution in [0.2, 0.25) is 0 Å². The minimum Gasteiger partial charge on any atom is -0.381 e. The number of carbonyl (C=O) groups excluding carboxylic acids is 1. The summed E-state index contributed by atoms with van der Waals surface area (Å²) in [5.41, 5.74) is 0.928. The maximum Gasteiger partial charge on any atom is 0.143 e. The van der Waals surface area contributed by atoms with Crippen LogP contribution in [0.3, 0.4) is 0 Å². The maximum atomic E-state index is 12.9. The van der Waals surface area contributed by atoms with Crippen molar-refractivity contribution in [2.45, 2.75) is 43.9 Å². The first-order chi connectivity index (χ1) is 9.31. The topological polar surface area (TPSA) is 26.3 Å². The van der Waals surface area contributed by atoms with Gasteiger partial charge in [-0.3, -0.25) is 4.79 Å². The van der Waals surface area contributed by atoms with Crippen molar-refractivity contribution in [1.82, 2.24) is 0 Å². The molecular formula is C17H22O2. The Morgan fingerprint density at radius 2 is 1.84 bits per heavy atom. The average Bonchev–Trinajstić information content (AvgIpc) is 2.44. The highest BCUT2D eigenvalue weighted by Crippen LogP contribution is 2.40. The fourth-order valence-electron chi connectivity index (χ4n) is 3.36. The molecule has 1 aromatic rings. The molecule has 0 radical (unpaired) electrons. The van der Waals surface area contributed by atoms with Crippen molar-refractivity contribution in [3.63, 3.8) is 0 Å². The molecule has 0 N–H and O–H groups in total. The van der Waals surface area contributed by atoms with Crippen LogP contribution in [0.15, 0.2) is 30.3 Å². The molecule has 1 saturated carbocycles. The van der Waals surface area contributed by atoms with E-state index in [4.69, 9.17) is 4.74 Å². The van der Waals surface area contributed by atoms with Gasteiger partial charge < -0.3 is 4.74 Å². The lowest BCUT2D eigenvalue weighted by atomic mass is 9.67. The number of hydrogen-bond acceptors (Lipinski definition) is 2. The van der Waals surface area contributed by atoms with Crippen molar-refractivity contribution in [3.8, 4) is 0 Å². The summed E-state index contributed by atoms with van der Waals surface area (Å²) in [5, 5.41) is 0. The summed E-state index contributed by atoms with van der Waals surface area (Å²) in [6.07, 6.45) is 6.26. The first-order valence-corrected chi connectivity index (χ1v) is 7.48. The Bertz CT molecular complexity index is 428. The van der Waals surface area contributed by atoms with Crippen LogP contribution in [0, 0.1) is 5.92 Å². The molecule has 1 saturated heterocycles. The van der Waals surface area contributed by atoms with E-state index in [1.165, 1.54) is 24.8 Å². The highest BCUT2D eigenvalue weighted by atomic mass is 16.5. The molecule has 1 aromatic carbocycles. The van der Waals surface area contributed by atoms with Gasteiger partial charge in [0.05, 0.1) is 5.41 Å². The van der Waals surface area contributed by atoms with Crippen LogP contribution in [0.5, 0.6) is 0 Å². The third-order valence-electron chi connectivity index (χ3n) is 4.91. The first-order valence-electron chi connectivity index (χ1n) is 7.48. The molecule has 2 nitrogen and oxygen atoms in total. The number of hydrogen-bond donors (Lipinski definition) is 0. The molecule has 102 valence electrons. The van der Waals surface area contributed by atoms with Gasteiger partial charge in [0.1, 0.15) is 5.78 Å². The number of ketones is 1. The zero-order chi connectivity index (χ0) is 13.1. The van der Waals surface area contributed by atoms with E-state index < -0.39 is 0 Å². The van der Waals surface area contributed by atoms with Crippen molar-refractivity contribution in [3.05, 3.63) is 35.9 Å². The minimum absolute atomic E-state index is 0.269. The summed E-state index contributed by atoms with van der Waals surface area (Å²) in [6.45, 7) is 1.43. The molecule has 0 amide bonds. The normalized spacial score (nSPS) is 22.7. The molecule has 2 heteroatoms. The van der Waals surface area contributed by atoms with Crippen LogP contribution in [-0.2, 0) is 14.9 Å². The number of carbonyl (C=O) groups is 1. The van der Waals surface area contributed by atoms with E-state index in [9.17, 15) is 4.79 Å². The van der Waals surface area contributed by atoms with Gasteiger partial charge in [0.2, 0.25) is 0 Å². The summed E-state index contributed by atoms with van der Waals surface area (Å²) in [4.78, 5) is 12.9. The third kappa shape index (κ3) is 2.46. The zero-order valence-electron chi connectivity index (χ0n) is 11.4. The lowest BCUT2D eigenvalue weighted by Crippen LogP contribution is -2.42. The van der Waals surface area contributed by atoms with Crippen LogP contribution in [0.4, 0.5) is 0 Å². The summed E-state index contributed by atoms with van der Waals surface area (Å²) in [5.74, 6) is 1.10. The molecule has 2 fully saturated rings. The predicted octanol–water partition coefficient (Wildman–Crippen LogP) is 3.49. The summed E-state index contributed by atoms with van der Waals surface area (Å²) in [6, 6.07) is 10.3. The smallest absolute Gasteiger partial charge is 0.143 e. The van der Waals surface area contributed by atoms with Crippen molar-refractivity contribution in [2.75, 3.05) is 13.2 Å². The van der Waals surface area contributed by atoms with E-state index in [1.807, 2.05) is 18.2 Å². The molecule has 19 heavy (non-hydrogen) atoms. The van der Waals surface area contributed by atoms with E-state index in [0.717, 1.165) is 19.3 Å². The highest BCUT2D eigenvalue weighted by molar-refractivity contribution is 5.90. The third-order valence-corrected chi connectivity index (χ3v) is 4.91. The lowest BCUT2D eigenvalue weighted by Gasteiger charge is -2.38. The van der Waals surface area contributed by atoms with Crippen molar-refractivity contribution in [1.29, 1.82) is 0 Å². The fraction of sp³-hybridized carbons (Fsp3) is 0.588. The van der Waals surface area contributed by atoms with Gasteiger partial charge in [-0.15, -0.1) is 0 Å². The van der Waals surface area contributed by atoms with Gasteiger partial charge in [-0.2, -0.15) is 0 Å². The van der Waals surface area contributed by atoms with Gasteiger partial charge in [0.15, 0.2) is 0 Å². The Hall–Kier alpha value is -1.15. The van der Waals surface area contributed by atoms with Crippen molar-refractivity contribution in [2.24, 2.45) is 5.92 Å². The molecule has 0 unspecified atom stereocenters. The Morgan fingerprint density at radius 1 is 1.16 bits per heavy atom. The maximum absolute atomic E-state index is 12.9. The van der Waals surface area contributed by atoms with Crippen LogP contribution in [0.25, 0.3) is 0 Å². The Kier molecular flexibility index (Phi) is 3.69. The van der Waals surface area contributed by atoms with E-state index >= 15 is 0 Å². The Morgan fingerprint density at radius 3 is 2.42 bits per heavy atom. The molecule has 1 aliphatic carbocycles. The summed E-state index contributed by atoms with van der Waals surface area (Å²) >= 11 is 0. The lowest BCUT2D eigenvalue weighted by molar-refractivity contribution is -0.129. The van der Waals surface area contributed by atoms with Crippen LogP contribution < -0.4 is 0 Å². The first kappa shape index (κ1) is 12.9. The van der Waals surface area contributed by atoms with Crippen LogP contribution >= 0.6 is 0 Å². The molecular weight excluding hydrogens is 236 g/mol. The van der Waals surface area contributed by atoms with Gasteiger partial charge in [0, 0.05) is 19.6 Å². The quantitative estimate of drug-likeness (QED) is 0.826. The monoisotopic (exact) mass is 258 g/mol. The summed E-state index contributed by atoms with van der Waals surface area (Å²) < 4.78 is 5.49. The van der Waals surface area contributed by atoms with E-state index in [-0.39, 0.29) is 5.41 Å². The van der Waals surface area contributed by atoms with Crippen molar-refractivity contribution >= 4 is 5.78 Å². The second-order valence-electron chi connectivity index (χ2n) is 5.98. The van der Waals surface area contributed by atoms with E-state index in [2.05, 4.69) is 12.1 Å².